The highest BCUT2D eigenvalue weighted by Gasteiger charge is 2.43. The van der Waals surface area contributed by atoms with Crippen LogP contribution in [0.5, 0.6) is 0 Å². The molecule has 2 aliphatic carbocycles. The van der Waals surface area contributed by atoms with Crippen LogP contribution < -0.4 is 5.73 Å². The number of hydrogen-bond acceptors (Lipinski definition) is 3. The Hall–Kier alpha value is -1.35. The summed E-state index contributed by atoms with van der Waals surface area (Å²) in [6.45, 7) is 0.368. The van der Waals surface area contributed by atoms with Gasteiger partial charge < -0.3 is 10.5 Å². The maximum atomic E-state index is 12.4. The maximum Gasteiger partial charge on any atom is 0.313 e. The van der Waals surface area contributed by atoms with E-state index in [1.54, 1.807) is 0 Å². The van der Waals surface area contributed by atoms with Gasteiger partial charge in [-0.25, -0.2) is 0 Å². The van der Waals surface area contributed by atoms with Crippen molar-refractivity contribution >= 4 is 5.97 Å². The highest BCUT2D eigenvalue weighted by Crippen LogP contribution is 2.42. The Morgan fingerprint density at radius 1 is 1.33 bits per heavy atom. The number of esters is 1. The number of carbonyl (C=O) groups is 1. The van der Waals surface area contributed by atoms with E-state index in [2.05, 4.69) is 18.2 Å². The van der Waals surface area contributed by atoms with E-state index in [0.717, 1.165) is 6.42 Å². The fourth-order valence-electron chi connectivity index (χ4n) is 3.68. The van der Waals surface area contributed by atoms with Gasteiger partial charge in [-0.05, 0) is 54.7 Å². The Bertz CT molecular complexity index is 536. The number of aryl methyl sites for hydroxylation is 2. The van der Waals surface area contributed by atoms with E-state index in [4.69, 9.17) is 10.5 Å². The van der Waals surface area contributed by atoms with Crippen LogP contribution in [0.4, 0.5) is 0 Å². The molecule has 114 valence electrons. The number of rotatable bonds is 6. The van der Waals surface area contributed by atoms with Crippen molar-refractivity contribution in [3.63, 3.8) is 0 Å². The lowest BCUT2D eigenvalue weighted by atomic mass is 9.76. The molecule has 1 saturated carbocycles. The van der Waals surface area contributed by atoms with Crippen molar-refractivity contribution in [3.8, 4) is 0 Å². The van der Waals surface area contributed by atoms with Gasteiger partial charge in [0, 0.05) is 6.54 Å². The number of nitrogens with two attached hydrogens (primary N) is 1. The van der Waals surface area contributed by atoms with Gasteiger partial charge in [-0.1, -0.05) is 31.0 Å². The lowest BCUT2D eigenvalue weighted by Crippen LogP contribution is -2.42. The molecule has 3 nitrogen and oxygen atoms in total. The van der Waals surface area contributed by atoms with Crippen LogP contribution in [0, 0.1) is 11.3 Å². The molecule has 3 rings (SSSR count). The van der Waals surface area contributed by atoms with E-state index in [1.165, 1.54) is 55.9 Å². The maximum absolute atomic E-state index is 12.4. The van der Waals surface area contributed by atoms with Crippen LogP contribution >= 0.6 is 0 Å². The minimum atomic E-state index is -0.539. The number of fused-ring (bicyclic) bond motifs is 1. The van der Waals surface area contributed by atoms with Crippen LogP contribution in [0.1, 0.15) is 42.4 Å². The van der Waals surface area contributed by atoms with Crippen LogP contribution in [0.3, 0.4) is 0 Å². The standard InChI is InChI=1S/C18H25NO2/c1-21-17(20)18(12-19,10-13-5-6-13)11-14-7-8-15-3-2-4-16(15)9-14/h7-9,13H,2-6,10-12,19H2,1H3. The molecule has 0 amide bonds. The highest BCUT2D eigenvalue weighted by atomic mass is 16.5. The topological polar surface area (TPSA) is 52.3 Å². The van der Waals surface area contributed by atoms with Crippen LogP contribution in [0.25, 0.3) is 0 Å². The fraction of sp³-hybridized carbons (Fsp3) is 0.611. The molecule has 1 aromatic rings. The average molecular weight is 287 g/mol. The van der Waals surface area contributed by atoms with Crippen molar-refractivity contribution in [1.29, 1.82) is 0 Å². The Morgan fingerprint density at radius 2 is 2.10 bits per heavy atom. The van der Waals surface area contributed by atoms with Crippen molar-refractivity contribution in [3.05, 3.63) is 34.9 Å². The molecule has 2 aliphatic rings. The molecule has 0 aliphatic heterocycles. The van der Waals surface area contributed by atoms with Crippen LogP contribution in [0.2, 0.25) is 0 Å². The molecule has 1 aromatic carbocycles. The van der Waals surface area contributed by atoms with Crippen molar-refractivity contribution in [2.75, 3.05) is 13.7 Å². The summed E-state index contributed by atoms with van der Waals surface area (Å²) in [7, 11) is 1.47. The van der Waals surface area contributed by atoms with Gasteiger partial charge in [0.15, 0.2) is 0 Å². The molecule has 0 saturated heterocycles. The van der Waals surface area contributed by atoms with Crippen LogP contribution in [-0.4, -0.2) is 19.6 Å². The van der Waals surface area contributed by atoms with E-state index >= 15 is 0 Å². The van der Waals surface area contributed by atoms with Crippen molar-refractivity contribution in [2.24, 2.45) is 17.1 Å². The zero-order valence-corrected chi connectivity index (χ0v) is 12.9. The van der Waals surface area contributed by atoms with Crippen LogP contribution in [-0.2, 0) is 28.8 Å². The van der Waals surface area contributed by atoms with Gasteiger partial charge in [-0.3, -0.25) is 4.79 Å². The van der Waals surface area contributed by atoms with Gasteiger partial charge in [-0.15, -0.1) is 0 Å². The first kappa shape index (κ1) is 14.6. The lowest BCUT2D eigenvalue weighted by molar-refractivity contribution is -0.153. The Labute approximate surface area is 126 Å². The number of methoxy groups -OCH3 is 1. The number of carbonyl (C=O) groups excluding carboxylic acids is 1. The zero-order chi connectivity index (χ0) is 14.9. The van der Waals surface area contributed by atoms with Crippen molar-refractivity contribution in [2.45, 2.75) is 44.9 Å². The molecule has 1 fully saturated rings. The van der Waals surface area contributed by atoms with Crippen molar-refractivity contribution in [1.82, 2.24) is 0 Å². The molecule has 0 radical (unpaired) electrons. The SMILES string of the molecule is COC(=O)C(CN)(Cc1ccc2c(c1)CCC2)CC1CC1. The molecular weight excluding hydrogens is 262 g/mol. The van der Waals surface area contributed by atoms with E-state index in [1.807, 2.05) is 0 Å². The largest absolute Gasteiger partial charge is 0.469 e. The third-order valence-corrected chi connectivity index (χ3v) is 5.09. The fourth-order valence-corrected chi connectivity index (χ4v) is 3.68. The van der Waals surface area contributed by atoms with E-state index in [-0.39, 0.29) is 5.97 Å². The third kappa shape index (κ3) is 2.98. The first-order valence-corrected chi connectivity index (χ1v) is 8.06. The zero-order valence-electron chi connectivity index (χ0n) is 12.9. The van der Waals surface area contributed by atoms with Gasteiger partial charge in [0.05, 0.1) is 12.5 Å². The molecule has 1 atom stereocenters. The molecule has 3 heteroatoms. The number of hydrogen-bond donors (Lipinski definition) is 1. The van der Waals surface area contributed by atoms with Gasteiger partial charge in [-0.2, -0.15) is 0 Å². The molecule has 21 heavy (non-hydrogen) atoms. The lowest BCUT2D eigenvalue weighted by Gasteiger charge is -2.30. The summed E-state index contributed by atoms with van der Waals surface area (Å²) in [5.74, 6) is 0.513. The Kier molecular flexibility index (Phi) is 4.03. The average Bonchev–Trinajstić information content (AvgIpc) is 3.19. The molecule has 2 N–H and O–H groups in total. The summed E-state index contributed by atoms with van der Waals surface area (Å²) < 4.78 is 5.08. The second-order valence-electron chi connectivity index (χ2n) is 6.76. The third-order valence-electron chi connectivity index (χ3n) is 5.09. The van der Waals surface area contributed by atoms with E-state index < -0.39 is 5.41 Å². The first-order valence-electron chi connectivity index (χ1n) is 8.06. The molecule has 1 unspecified atom stereocenters. The highest BCUT2D eigenvalue weighted by molar-refractivity contribution is 5.77. The van der Waals surface area contributed by atoms with Gasteiger partial charge in [0.25, 0.3) is 0 Å². The summed E-state index contributed by atoms with van der Waals surface area (Å²) >= 11 is 0. The molecular formula is C18H25NO2. The summed E-state index contributed by atoms with van der Waals surface area (Å²) in [6.07, 6.45) is 7.63. The van der Waals surface area contributed by atoms with E-state index in [9.17, 15) is 4.79 Å². The molecule has 0 bridgehead atoms. The Balaban J connectivity index is 1.84. The summed E-state index contributed by atoms with van der Waals surface area (Å²) in [5.41, 5.74) is 9.63. The monoisotopic (exact) mass is 287 g/mol. The van der Waals surface area contributed by atoms with Crippen molar-refractivity contribution < 1.29 is 9.53 Å². The predicted octanol–water partition coefficient (Wildman–Crippen LogP) is 2.64. The summed E-state index contributed by atoms with van der Waals surface area (Å²) in [6, 6.07) is 6.68. The predicted molar refractivity (Wildman–Crippen MR) is 83.0 cm³/mol. The minimum Gasteiger partial charge on any atom is -0.469 e. The Morgan fingerprint density at radius 3 is 2.76 bits per heavy atom. The van der Waals surface area contributed by atoms with Gasteiger partial charge >= 0.3 is 5.97 Å². The van der Waals surface area contributed by atoms with E-state index in [0.29, 0.717) is 18.9 Å². The van der Waals surface area contributed by atoms with Gasteiger partial charge in [0.2, 0.25) is 0 Å². The number of benzene rings is 1. The molecule has 0 aromatic heterocycles. The quantitative estimate of drug-likeness (QED) is 0.818. The number of ether oxygens (including phenoxy) is 1. The second-order valence-corrected chi connectivity index (χ2v) is 6.76. The second kappa shape index (κ2) is 5.80. The summed E-state index contributed by atoms with van der Waals surface area (Å²) in [4.78, 5) is 12.4. The van der Waals surface area contributed by atoms with Crippen LogP contribution in [0.15, 0.2) is 18.2 Å². The minimum absolute atomic E-state index is 0.141. The molecule has 0 spiro atoms. The summed E-state index contributed by atoms with van der Waals surface area (Å²) in [5, 5.41) is 0. The smallest absolute Gasteiger partial charge is 0.313 e. The first-order chi connectivity index (χ1) is 10.2. The normalized spacial score (nSPS) is 19.9. The van der Waals surface area contributed by atoms with Gasteiger partial charge in [0.1, 0.15) is 0 Å². The molecule has 0 heterocycles.